The average Bonchev–Trinajstić information content (AvgIpc) is 2.66. The fraction of sp³-hybridized carbons (Fsp3) is 0.100. The van der Waals surface area contributed by atoms with Crippen molar-refractivity contribution in [2.24, 2.45) is 10.1 Å². The first-order valence-electron chi connectivity index (χ1n) is 4.53. The summed E-state index contributed by atoms with van der Waals surface area (Å²) < 4.78 is 0. The Morgan fingerprint density at radius 1 is 1.40 bits per heavy atom. The Morgan fingerprint density at radius 3 is 2.87 bits per heavy atom. The van der Waals surface area contributed by atoms with E-state index in [-0.39, 0.29) is 12.5 Å². The zero-order chi connectivity index (χ0) is 10.5. The number of nitrogens with zero attached hydrogens (tertiary/aromatic N) is 2. The Morgan fingerprint density at radius 2 is 2.20 bits per heavy atom. The summed E-state index contributed by atoms with van der Waals surface area (Å²) in [4.78, 5) is 14.6. The fourth-order valence-corrected chi connectivity index (χ4v) is 1.13. The Labute approximate surface area is 86.9 Å². The van der Waals surface area contributed by atoms with Crippen molar-refractivity contribution in [2.45, 2.75) is 0 Å². The van der Waals surface area contributed by atoms with Gasteiger partial charge in [-0.1, -0.05) is 30.3 Å². The van der Waals surface area contributed by atoms with Gasteiger partial charge in [-0.3, -0.25) is 10.1 Å². The smallest absolute Gasteiger partial charge is 0.248 e. The Balaban J connectivity index is 1.88. The van der Waals surface area contributed by atoms with E-state index in [4.69, 9.17) is 0 Å². The summed E-state index contributed by atoms with van der Waals surface area (Å²) in [5, 5.41) is 6.46. The Bertz CT molecular complexity index is 411. The van der Waals surface area contributed by atoms with E-state index in [1.807, 2.05) is 30.3 Å². The van der Waals surface area contributed by atoms with Crippen molar-refractivity contribution in [3.8, 4) is 0 Å². The van der Waals surface area contributed by atoms with Gasteiger partial charge in [0, 0.05) is 0 Å². The highest BCUT2D eigenvalue weighted by Gasteiger charge is 2.11. The second-order valence-electron chi connectivity index (χ2n) is 2.99. The number of benzene rings is 1. The standard InChI is InChI=1S/C10H10N4O/c15-9-7-11-10(13-9)14-12-6-8-4-2-1-3-5-8/h1-6H,7H2,(H2,11,13,14,15)/b12-6+. The molecule has 1 aromatic rings. The first-order valence-corrected chi connectivity index (χ1v) is 4.53. The number of guanidine groups is 1. The summed E-state index contributed by atoms with van der Waals surface area (Å²) >= 11 is 0. The number of rotatable bonds is 2. The molecule has 0 unspecified atom stereocenters. The van der Waals surface area contributed by atoms with Gasteiger partial charge >= 0.3 is 0 Å². The molecule has 2 N–H and O–H groups in total. The fourth-order valence-electron chi connectivity index (χ4n) is 1.13. The molecule has 0 radical (unpaired) electrons. The first-order chi connectivity index (χ1) is 7.34. The number of carbonyl (C=O) groups excluding carboxylic acids is 1. The maximum absolute atomic E-state index is 10.8. The third-order valence-electron chi connectivity index (χ3n) is 1.82. The minimum atomic E-state index is -0.118. The van der Waals surface area contributed by atoms with E-state index in [9.17, 15) is 4.79 Å². The molecule has 0 fully saturated rings. The second kappa shape index (κ2) is 4.36. The predicted octanol–water partition coefficient (Wildman–Crippen LogP) is 0.0959. The van der Waals surface area contributed by atoms with Crippen molar-refractivity contribution < 1.29 is 4.79 Å². The molecule has 1 amide bonds. The zero-order valence-corrected chi connectivity index (χ0v) is 7.97. The molecular weight excluding hydrogens is 192 g/mol. The number of hydrogen-bond donors (Lipinski definition) is 2. The maximum atomic E-state index is 10.8. The highest BCUT2D eigenvalue weighted by Crippen LogP contribution is 1.93. The van der Waals surface area contributed by atoms with Gasteiger partial charge in [-0.25, -0.2) is 10.4 Å². The topological polar surface area (TPSA) is 65.8 Å². The number of carbonyl (C=O) groups is 1. The molecule has 0 aromatic heterocycles. The molecule has 2 rings (SSSR count). The molecule has 1 heterocycles. The van der Waals surface area contributed by atoms with E-state index < -0.39 is 0 Å². The molecule has 76 valence electrons. The molecular formula is C10H10N4O. The number of hydrogen-bond acceptors (Lipinski definition) is 4. The molecule has 1 aromatic carbocycles. The highest BCUT2D eigenvalue weighted by atomic mass is 16.2. The number of nitrogens with one attached hydrogen (secondary N) is 2. The summed E-state index contributed by atoms with van der Waals surface area (Å²) in [6.45, 7) is 0.170. The van der Waals surface area contributed by atoms with E-state index in [1.54, 1.807) is 6.21 Å². The number of hydrazone groups is 1. The summed E-state index contributed by atoms with van der Waals surface area (Å²) in [5.41, 5.74) is 3.63. The molecule has 0 saturated heterocycles. The Kier molecular flexibility index (Phi) is 2.73. The SMILES string of the molecule is O=C1CN=C(N/N=C/c2ccccc2)N1. The van der Waals surface area contributed by atoms with Crippen molar-refractivity contribution in [3.05, 3.63) is 35.9 Å². The van der Waals surface area contributed by atoms with Gasteiger partial charge in [-0.15, -0.1) is 0 Å². The van der Waals surface area contributed by atoms with Crippen LogP contribution in [0.2, 0.25) is 0 Å². The molecule has 15 heavy (non-hydrogen) atoms. The van der Waals surface area contributed by atoms with Crippen molar-refractivity contribution in [2.75, 3.05) is 6.54 Å². The number of amides is 1. The minimum absolute atomic E-state index is 0.118. The zero-order valence-electron chi connectivity index (χ0n) is 7.97. The van der Waals surface area contributed by atoms with E-state index in [1.165, 1.54) is 0 Å². The third kappa shape index (κ3) is 2.63. The Hall–Kier alpha value is -2.17. The van der Waals surface area contributed by atoms with Gasteiger partial charge in [-0.05, 0) is 5.56 Å². The lowest BCUT2D eigenvalue weighted by Gasteiger charge is -1.97. The van der Waals surface area contributed by atoms with Crippen LogP contribution in [0.25, 0.3) is 0 Å². The van der Waals surface area contributed by atoms with Crippen molar-refractivity contribution in [3.63, 3.8) is 0 Å². The van der Waals surface area contributed by atoms with Crippen LogP contribution in [0.1, 0.15) is 5.56 Å². The van der Waals surface area contributed by atoms with E-state index in [2.05, 4.69) is 20.8 Å². The van der Waals surface area contributed by atoms with E-state index in [0.29, 0.717) is 5.96 Å². The lowest BCUT2D eigenvalue weighted by atomic mass is 10.2. The molecule has 5 heteroatoms. The van der Waals surface area contributed by atoms with Gasteiger partial charge in [-0.2, -0.15) is 5.10 Å². The normalized spacial score (nSPS) is 15.2. The maximum Gasteiger partial charge on any atom is 0.248 e. The van der Waals surface area contributed by atoms with Gasteiger partial charge in [0.1, 0.15) is 6.54 Å². The number of aliphatic imine (C=N–C) groups is 1. The van der Waals surface area contributed by atoms with Crippen LogP contribution in [0.15, 0.2) is 40.4 Å². The van der Waals surface area contributed by atoms with Gasteiger partial charge in [0.15, 0.2) is 0 Å². The highest BCUT2D eigenvalue weighted by molar-refractivity contribution is 6.03. The second-order valence-corrected chi connectivity index (χ2v) is 2.99. The van der Waals surface area contributed by atoms with Crippen LogP contribution < -0.4 is 10.7 Å². The summed E-state index contributed by atoms with van der Waals surface area (Å²) in [6.07, 6.45) is 1.66. The molecule has 1 aliphatic heterocycles. The molecule has 0 spiro atoms. The lowest BCUT2D eigenvalue weighted by molar-refractivity contribution is -0.117. The van der Waals surface area contributed by atoms with Gasteiger partial charge < -0.3 is 0 Å². The van der Waals surface area contributed by atoms with E-state index >= 15 is 0 Å². The molecule has 0 bridgehead atoms. The van der Waals surface area contributed by atoms with Crippen LogP contribution in [0.4, 0.5) is 0 Å². The summed E-state index contributed by atoms with van der Waals surface area (Å²) in [6, 6.07) is 9.65. The van der Waals surface area contributed by atoms with Gasteiger partial charge in [0.05, 0.1) is 6.21 Å². The molecule has 0 saturated carbocycles. The molecule has 1 aliphatic rings. The van der Waals surface area contributed by atoms with Crippen LogP contribution in [-0.2, 0) is 4.79 Å². The summed E-state index contributed by atoms with van der Waals surface area (Å²) in [5.74, 6) is 0.277. The van der Waals surface area contributed by atoms with Gasteiger partial charge in [0.25, 0.3) is 0 Å². The van der Waals surface area contributed by atoms with Crippen LogP contribution >= 0.6 is 0 Å². The summed E-state index contributed by atoms with van der Waals surface area (Å²) in [7, 11) is 0. The predicted molar refractivity (Wildman–Crippen MR) is 57.6 cm³/mol. The van der Waals surface area contributed by atoms with Gasteiger partial charge in [0.2, 0.25) is 11.9 Å². The largest absolute Gasteiger partial charge is 0.294 e. The van der Waals surface area contributed by atoms with Crippen molar-refractivity contribution in [1.82, 2.24) is 10.7 Å². The van der Waals surface area contributed by atoms with Crippen molar-refractivity contribution in [1.29, 1.82) is 0 Å². The average molecular weight is 202 g/mol. The quantitative estimate of drug-likeness (QED) is 0.527. The van der Waals surface area contributed by atoms with E-state index in [0.717, 1.165) is 5.56 Å². The molecule has 0 atom stereocenters. The molecule has 0 aliphatic carbocycles. The lowest BCUT2D eigenvalue weighted by Crippen LogP contribution is -2.33. The van der Waals surface area contributed by atoms with Crippen LogP contribution in [0.3, 0.4) is 0 Å². The van der Waals surface area contributed by atoms with Crippen LogP contribution in [0.5, 0.6) is 0 Å². The van der Waals surface area contributed by atoms with Crippen LogP contribution in [-0.4, -0.2) is 24.6 Å². The monoisotopic (exact) mass is 202 g/mol. The third-order valence-corrected chi connectivity index (χ3v) is 1.82. The first kappa shape index (κ1) is 9.39. The van der Waals surface area contributed by atoms with Crippen LogP contribution in [0, 0.1) is 0 Å². The minimum Gasteiger partial charge on any atom is -0.294 e. The molecule has 5 nitrogen and oxygen atoms in total. The van der Waals surface area contributed by atoms with Crippen molar-refractivity contribution >= 4 is 18.1 Å².